The molecule has 69 heavy (non-hydrogen) atoms. The fraction of sp³-hybridized carbons (Fsp3) is 0.935. The smallest absolute Gasteiger partial charge is 0.162 e. The van der Waals surface area contributed by atoms with Gasteiger partial charge in [0.2, 0.25) is 0 Å². The normalized spacial score (nSPS) is 13.3. The molecule has 0 aromatic carbocycles. The molecule has 0 heterocycles. The third-order valence-corrected chi connectivity index (χ3v) is 13.5. The van der Waals surface area contributed by atoms with E-state index in [4.69, 9.17) is 33.2 Å². The summed E-state index contributed by atoms with van der Waals surface area (Å²) in [6.45, 7) is 21.4. The Morgan fingerprint density at radius 2 is 0.507 bits per heavy atom. The SMILES string of the molecule is CCCCCCCCOC(CCC)=C(OCCCCCCCC)C(CCCCCCCC)OCOCOC(CCCCCCCC)C(OCCCCCCCC)=C(CCC)OCCCCCCCC. The molecule has 0 aromatic rings. The summed E-state index contributed by atoms with van der Waals surface area (Å²) in [6.07, 6.45) is 49.7. The van der Waals surface area contributed by atoms with Gasteiger partial charge in [0.1, 0.15) is 23.7 Å². The van der Waals surface area contributed by atoms with Gasteiger partial charge in [0, 0.05) is 12.8 Å². The highest BCUT2D eigenvalue weighted by Crippen LogP contribution is 2.28. The molecule has 0 saturated heterocycles. The number of hydrogen-bond acceptors (Lipinski definition) is 7. The zero-order valence-electron chi connectivity index (χ0n) is 48.0. The highest BCUT2D eigenvalue weighted by molar-refractivity contribution is 5.09. The average Bonchev–Trinajstić information content (AvgIpc) is 3.35. The Kier molecular flexibility index (Phi) is 54.7. The monoisotopic (exact) mass is 979 g/mol. The van der Waals surface area contributed by atoms with Gasteiger partial charge in [-0.25, -0.2) is 0 Å². The number of hydrogen-bond donors (Lipinski definition) is 0. The zero-order valence-corrected chi connectivity index (χ0v) is 48.0. The van der Waals surface area contributed by atoms with Crippen LogP contribution >= 0.6 is 0 Å². The van der Waals surface area contributed by atoms with Crippen LogP contribution in [0.5, 0.6) is 0 Å². The van der Waals surface area contributed by atoms with Gasteiger partial charge in [-0.3, -0.25) is 0 Å². The first kappa shape index (κ1) is 67.6. The topological polar surface area (TPSA) is 64.6 Å². The van der Waals surface area contributed by atoms with E-state index in [1.807, 2.05) is 0 Å². The number of allylic oxidation sites excluding steroid dienone is 2. The third-order valence-electron chi connectivity index (χ3n) is 13.5. The molecule has 7 nitrogen and oxygen atoms in total. The summed E-state index contributed by atoms with van der Waals surface area (Å²) in [6, 6.07) is 0. The van der Waals surface area contributed by atoms with Crippen LogP contribution in [0.4, 0.5) is 0 Å². The first-order valence-electron chi connectivity index (χ1n) is 30.9. The van der Waals surface area contributed by atoms with Crippen molar-refractivity contribution in [1.29, 1.82) is 0 Å². The van der Waals surface area contributed by atoms with E-state index in [0.29, 0.717) is 13.2 Å². The van der Waals surface area contributed by atoms with E-state index in [9.17, 15) is 0 Å². The van der Waals surface area contributed by atoms with Crippen molar-refractivity contribution in [1.82, 2.24) is 0 Å². The van der Waals surface area contributed by atoms with Crippen LogP contribution in [0.15, 0.2) is 23.0 Å². The second-order valence-corrected chi connectivity index (χ2v) is 20.4. The molecule has 0 saturated carbocycles. The van der Waals surface area contributed by atoms with E-state index >= 15 is 0 Å². The highest BCUT2D eigenvalue weighted by atomic mass is 16.7. The van der Waals surface area contributed by atoms with Crippen molar-refractivity contribution in [2.75, 3.05) is 40.0 Å². The Morgan fingerprint density at radius 3 is 0.783 bits per heavy atom. The minimum Gasteiger partial charge on any atom is -0.494 e. The maximum absolute atomic E-state index is 6.83. The van der Waals surface area contributed by atoms with Crippen molar-refractivity contribution in [3.05, 3.63) is 23.0 Å². The molecule has 0 aliphatic heterocycles. The Balaban J connectivity index is 6.48. The van der Waals surface area contributed by atoms with Gasteiger partial charge >= 0.3 is 0 Å². The first-order chi connectivity index (χ1) is 34.1. The van der Waals surface area contributed by atoms with Gasteiger partial charge in [-0.15, -0.1) is 0 Å². The highest BCUT2D eigenvalue weighted by Gasteiger charge is 2.25. The molecule has 2 atom stereocenters. The van der Waals surface area contributed by atoms with Crippen LogP contribution in [0.1, 0.15) is 325 Å². The van der Waals surface area contributed by atoms with E-state index < -0.39 is 0 Å². The standard InChI is InChI=1S/C62H122O7/c1-9-17-23-29-35-41-49-59(61(66-53-45-39-33-27-21-13-5)57(47-15-7)64-51-43-37-31-25-19-11-3)68-55-63-56-69-60(50-42-36-30-24-18-10-2)62(67-54-46-40-34-28-22-14-6)58(48-16-8)65-52-44-38-32-26-20-12-4/h59-60H,9-56H2,1-8H3. The number of rotatable bonds is 58. The third kappa shape index (κ3) is 42.7. The summed E-state index contributed by atoms with van der Waals surface area (Å²) in [5, 5.41) is 0. The maximum Gasteiger partial charge on any atom is 0.162 e. The molecule has 0 amide bonds. The fourth-order valence-corrected chi connectivity index (χ4v) is 9.07. The van der Waals surface area contributed by atoms with Gasteiger partial charge < -0.3 is 33.2 Å². The van der Waals surface area contributed by atoms with Crippen molar-refractivity contribution in [2.45, 2.75) is 337 Å². The number of unbranched alkanes of at least 4 members (excludes halogenated alkanes) is 30. The summed E-state index contributed by atoms with van der Waals surface area (Å²) in [5.41, 5.74) is 0. The second-order valence-electron chi connectivity index (χ2n) is 20.4. The molecule has 0 aliphatic rings. The molecule has 0 fully saturated rings. The molecule has 412 valence electrons. The van der Waals surface area contributed by atoms with Crippen LogP contribution in [0.25, 0.3) is 0 Å². The minimum absolute atomic E-state index is 0.138. The van der Waals surface area contributed by atoms with Crippen LogP contribution in [-0.4, -0.2) is 52.2 Å². The van der Waals surface area contributed by atoms with Crippen LogP contribution < -0.4 is 0 Å². The average molecular weight is 980 g/mol. The van der Waals surface area contributed by atoms with E-state index in [-0.39, 0.29) is 25.8 Å². The molecule has 0 spiro atoms. The molecule has 0 N–H and O–H groups in total. The van der Waals surface area contributed by atoms with Gasteiger partial charge in [-0.2, -0.15) is 0 Å². The Labute approximate surface area is 431 Å². The lowest BCUT2D eigenvalue weighted by Crippen LogP contribution is -2.25. The first-order valence-corrected chi connectivity index (χ1v) is 30.9. The molecular formula is C62H122O7. The summed E-state index contributed by atoms with van der Waals surface area (Å²) < 4.78 is 47.0. The predicted molar refractivity (Wildman–Crippen MR) is 298 cm³/mol. The molecule has 0 bridgehead atoms. The van der Waals surface area contributed by atoms with Crippen LogP contribution in [0, 0.1) is 0 Å². The second kappa shape index (κ2) is 55.9. The number of ether oxygens (including phenoxy) is 7. The van der Waals surface area contributed by atoms with Gasteiger partial charge in [-0.1, -0.05) is 261 Å². The lowest BCUT2D eigenvalue weighted by Gasteiger charge is -2.26. The van der Waals surface area contributed by atoms with Gasteiger partial charge in [0.05, 0.1) is 26.4 Å². The largest absolute Gasteiger partial charge is 0.494 e. The van der Waals surface area contributed by atoms with Crippen LogP contribution in [0.2, 0.25) is 0 Å². The van der Waals surface area contributed by atoms with Crippen molar-refractivity contribution in [3.63, 3.8) is 0 Å². The van der Waals surface area contributed by atoms with Gasteiger partial charge in [-0.05, 0) is 51.4 Å². The molecule has 2 unspecified atom stereocenters. The van der Waals surface area contributed by atoms with E-state index in [2.05, 4.69) is 55.4 Å². The lowest BCUT2D eigenvalue weighted by molar-refractivity contribution is -0.167. The predicted octanol–water partition coefficient (Wildman–Crippen LogP) is 20.7. The van der Waals surface area contributed by atoms with Crippen molar-refractivity contribution in [3.8, 4) is 0 Å². The minimum atomic E-state index is -0.219. The van der Waals surface area contributed by atoms with Crippen molar-refractivity contribution < 1.29 is 33.2 Å². The molecule has 0 aromatic heterocycles. The van der Waals surface area contributed by atoms with Crippen LogP contribution in [-0.2, 0) is 33.2 Å². The lowest BCUT2D eigenvalue weighted by atomic mass is 10.0. The quantitative estimate of drug-likeness (QED) is 0.0342. The van der Waals surface area contributed by atoms with E-state index in [1.165, 1.54) is 193 Å². The van der Waals surface area contributed by atoms with Crippen molar-refractivity contribution in [2.24, 2.45) is 0 Å². The molecular weight excluding hydrogens is 857 g/mol. The van der Waals surface area contributed by atoms with Gasteiger partial charge in [0.25, 0.3) is 0 Å². The Bertz CT molecular complexity index is 993. The molecule has 0 rings (SSSR count). The molecule has 0 radical (unpaired) electrons. The summed E-state index contributed by atoms with van der Waals surface area (Å²) in [5.74, 6) is 3.81. The Morgan fingerprint density at radius 1 is 0.261 bits per heavy atom. The van der Waals surface area contributed by atoms with E-state index in [1.54, 1.807) is 0 Å². The van der Waals surface area contributed by atoms with Crippen molar-refractivity contribution >= 4 is 0 Å². The zero-order chi connectivity index (χ0) is 50.4. The molecule has 7 heteroatoms. The van der Waals surface area contributed by atoms with Gasteiger partial charge in [0.15, 0.2) is 25.1 Å². The van der Waals surface area contributed by atoms with Crippen LogP contribution in [0.3, 0.4) is 0 Å². The Hall–Kier alpha value is -1.44. The summed E-state index contributed by atoms with van der Waals surface area (Å²) in [7, 11) is 0. The fourth-order valence-electron chi connectivity index (χ4n) is 9.07. The summed E-state index contributed by atoms with van der Waals surface area (Å²) in [4.78, 5) is 0. The van der Waals surface area contributed by atoms with E-state index in [0.717, 1.165) is 113 Å². The molecule has 0 aliphatic carbocycles. The summed E-state index contributed by atoms with van der Waals surface area (Å²) >= 11 is 0. The maximum atomic E-state index is 6.83.